The number of alkyl halides is 36. The Morgan fingerprint density at radius 1 is 0.155 bits per heavy atom. The molecule has 0 aliphatic heterocycles. The molecular formula is C17F36O5. The Bertz CT molecular complexity index is 1430. The lowest BCUT2D eigenvalue weighted by molar-refractivity contribution is -0.602. The van der Waals surface area contributed by atoms with Gasteiger partial charge >= 0.3 is 103 Å². The molecular weight excluding hydrogens is 968 g/mol. The van der Waals surface area contributed by atoms with E-state index in [1.54, 1.807) is 0 Å². The predicted octanol–water partition coefficient (Wildman–Crippen LogP) is 11.3. The Morgan fingerprint density at radius 3 is 0.483 bits per heavy atom. The number of ether oxygens (including phenoxy) is 5. The van der Waals surface area contributed by atoms with E-state index in [-0.39, 0.29) is 0 Å². The summed E-state index contributed by atoms with van der Waals surface area (Å²) in [7, 11) is 0. The van der Waals surface area contributed by atoms with Crippen LogP contribution in [0.5, 0.6) is 0 Å². The van der Waals surface area contributed by atoms with E-state index in [0.717, 1.165) is 14.2 Å². The maximum absolute atomic E-state index is 14.5. The minimum Gasteiger partial charge on any atom is -0.263 e. The van der Waals surface area contributed by atoms with Crippen molar-refractivity contribution >= 4 is 0 Å². The molecule has 0 bridgehead atoms. The van der Waals surface area contributed by atoms with Gasteiger partial charge in [-0.25, -0.2) is 4.74 Å². The van der Waals surface area contributed by atoms with Crippen LogP contribution in [0.15, 0.2) is 0 Å². The van der Waals surface area contributed by atoms with E-state index in [9.17, 15) is 158 Å². The molecule has 0 spiro atoms. The van der Waals surface area contributed by atoms with Crippen molar-refractivity contribution in [1.29, 1.82) is 0 Å². The molecule has 0 aromatic rings. The zero-order valence-corrected chi connectivity index (χ0v) is 24.1. The van der Waals surface area contributed by atoms with Crippen LogP contribution in [0.4, 0.5) is 158 Å². The molecule has 0 N–H and O–H groups in total. The van der Waals surface area contributed by atoms with Crippen LogP contribution in [0.2, 0.25) is 0 Å². The van der Waals surface area contributed by atoms with Gasteiger partial charge in [0.2, 0.25) is 0 Å². The summed E-state index contributed by atoms with van der Waals surface area (Å²) in [5.41, 5.74) is 0. The monoisotopic (exact) mass is 968 g/mol. The average Bonchev–Trinajstić information content (AvgIpc) is 2.87. The molecule has 58 heavy (non-hydrogen) atoms. The maximum Gasteiger partial charge on any atom is 0.483 e. The van der Waals surface area contributed by atoms with Crippen LogP contribution in [0, 0.1) is 0 Å². The van der Waals surface area contributed by atoms with Crippen LogP contribution in [0.25, 0.3) is 0 Å². The first-order chi connectivity index (χ1) is 24.3. The van der Waals surface area contributed by atoms with Gasteiger partial charge in [-0.15, -0.1) is 0 Å². The van der Waals surface area contributed by atoms with Gasteiger partial charge < -0.3 is 0 Å². The molecule has 0 aliphatic carbocycles. The highest BCUT2D eigenvalue weighted by atomic mass is 19.5. The van der Waals surface area contributed by atoms with E-state index in [1.165, 1.54) is 0 Å². The second-order valence-electron chi connectivity index (χ2n) is 9.55. The van der Waals surface area contributed by atoms with Crippen molar-refractivity contribution in [2.75, 3.05) is 0 Å². The summed E-state index contributed by atoms with van der Waals surface area (Å²) in [6.07, 6.45) is -106. The second kappa shape index (κ2) is 14.2. The van der Waals surface area contributed by atoms with Crippen LogP contribution in [-0.4, -0.2) is 103 Å². The summed E-state index contributed by atoms with van der Waals surface area (Å²) in [5.74, 6) is -46.0. The smallest absolute Gasteiger partial charge is 0.263 e. The normalized spacial score (nSPS) is 20.3. The van der Waals surface area contributed by atoms with Crippen LogP contribution in [-0.2, 0) is 23.7 Å². The van der Waals surface area contributed by atoms with Gasteiger partial charge in [0, 0.05) is 0 Å². The van der Waals surface area contributed by atoms with E-state index < -0.39 is 103 Å². The fourth-order valence-electron chi connectivity index (χ4n) is 2.55. The van der Waals surface area contributed by atoms with Gasteiger partial charge in [0.15, 0.2) is 0 Å². The first-order valence-electron chi connectivity index (χ1n) is 11.6. The van der Waals surface area contributed by atoms with Gasteiger partial charge in [0.25, 0.3) is 0 Å². The van der Waals surface area contributed by atoms with Crippen molar-refractivity contribution in [1.82, 2.24) is 0 Å². The van der Waals surface area contributed by atoms with Gasteiger partial charge in [-0.3, -0.25) is 18.9 Å². The van der Waals surface area contributed by atoms with E-state index in [2.05, 4.69) is 0 Å². The summed E-state index contributed by atoms with van der Waals surface area (Å²) in [6.45, 7) is 0. The molecule has 4 unspecified atom stereocenters. The van der Waals surface area contributed by atoms with E-state index in [0.29, 0.717) is 9.47 Å². The molecule has 0 radical (unpaired) electrons. The Morgan fingerprint density at radius 2 is 0.328 bits per heavy atom. The molecule has 5 nitrogen and oxygen atoms in total. The van der Waals surface area contributed by atoms with Crippen LogP contribution in [0.1, 0.15) is 0 Å². The Labute approximate surface area is 286 Å². The number of hydrogen-bond acceptors (Lipinski definition) is 5. The van der Waals surface area contributed by atoms with Crippen molar-refractivity contribution in [3.05, 3.63) is 0 Å². The van der Waals surface area contributed by atoms with Gasteiger partial charge in [-0.2, -0.15) is 158 Å². The highest BCUT2D eigenvalue weighted by Gasteiger charge is 2.91. The third kappa shape index (κ3) is 9.13. The Kier molecular flexibility index (Phi) is 13.5. The number of hydrogen-bond donors (Lipinski definition) is 0. The topological polar surface area (TPSA) is 46.2 Å². The largest absolute Gasteiger partial charge is 0.483 e. The lowest BCUT2D eigenvalue weighted by atomic mass is 10.2. The van der Waals surface area contributed by atoms with Crippen molar-refractivity contribution < 1.29 is 182 Å². The molecule has 0 fully saturated rings. The van der Waals surface area contributed by atoms with Crippen LogP contribution in [0.3, 0.4) is 0 Å². The molecule has 0 saturated carbocycles. The lowest BCUT2D eigenvalue weighted by Crippen LogP contribution is -2.72. The molecule has 4 atom stereocenters. The van der Waals surface area contributed by atoms with E-state index in [4.69, 9.17) is 0 Å². The highest BCUT2D eigenvalue weighted by molar-refractivity contribution is 5.00. The summed E-state index contributed by atoms with van der Waals surface area (Å²) in [4.78, 5) is 0. The predicted molar refractivity (Wildman–Crippen MR) is 91.7 cm³/mol. The third-order valence-corrected chi connectivity index (χ3v) is 5.34. The summed E-state index contributed by atoms with van der Waals surface area (Å²) in [5, 5.41) is 0. The minimum atomic E-state index is -9.60. The van der Waals surface area contributed by atoms with Crippen molar-refractivity contribution in [2.24, 2.45) is 0 Å². The second-order valence-corrected chi connectivity index (χ2v) is 9.55. The Hall–Kier alpha value is -2.72. The lowest BCUT2D eigenvalue weighted by Gasteiger charge is -2.44. The van der Waals surface area contributed by atoms with Crippen molar-refractivity contribution in [3.63, 3.8) is 0 Å². The summed E-state index contributed by atoms with van der Waals surface area (Å²) in [6, 6.07) is 0. The number of rotatable bonds is 15. The highest BCUT2D eigenvalue weighted by Crippen LogP contribution is 2.62. The molecule has 0 heterocycles. The quantitative estimate of drug-likeness (QED) is 0.153. The maximum atomic E-state index is 14.5. The van der Waals surface area contributed by atoms with E-state index in [1.807, 2.05) is 0 Å². The van der Waals surface area contributed by atoms with Crippen LogP contribution >= 0.6 is 0 Å². The number of halogens is 36. The molecule has 0 aromatic heterocycles. The Balaban J connectivity index is 7.93. The van der Waals surface area contributed by atoms with Gasteiger partial charge in [0.05, 0.1) is 0 Å². The molecule has 0 saturated heterocycles. The van der Waals surface area contributed by atoms with Gasteiger partial charge in [0.1, 0.15) is 0 Å². The van der Waals surface area contributed by atoms with Crippen molar-refractivity contribution in [2.45, 2.75) is 103 Å². The third-order valence-electron chi connectivity index (χ3n) is 5.34. The fraction of sp³-hybridized carbons (Fsp3) is 1.00. The summed E-state index contributed by atoms with van der Waals surface area (Å²) < 4.78 is 479. The first-order valence-corrected chi connectivity index (χ1v) is 11.6. The van der Waals surface area contributed by atoms with Crippen LogP contribution < -0.4 is 0 Å². The molecule has 0 rings (SSSR count). The zero-order valence-electron chi connectivity index (χ0n) is 24.1. The van der Waals surface area contributed by atoms with Gasteiger partial charge in [-0.1, -0.05) is 0 Å². The molecule has 0 amide bonds. The minimum absolute atomic E-state index is 0.654. The zero-order chi connectivity index (χ0) is 48.0. The summed E-state index contributed by atoms with van der Waals surface area (Å²) >= 11 is 0. The molecule has 41 heteroatoms. The molecule has 350 valence electrons. The van der Waals surface area contributed by atoms with E-state index >= 15 is 0 Å². The standard InChI is InChI=1S/C17F36O5/c18-1(19,6(24,25)26)12(42,43)54-2(20,7(27,28)29)13(44,45)55-3(21,8(30,31)32)14(46,47)56-4(22,9(33,34)35)15(48,49)57-5(23,10(36,37)38)16(50,51)58-17(52,53)11(39,40)41. The molecule has 0 aromatic carbocycles. The van der Waals surface area contributed by atoms with Gasteiger partial charge in [-0.05, 0) is 0 Å². The van der Waals surface area contributed by atoms with Crippen molar-refractivity contribution in [3.8, 4) is 0 Å². The SMILES string of the molecule is FC(F)(F)C(F)(F)OC(F)(F)C(F)(OC(F)(F)C(F)(OC(F)(F)C(F)(OC(F)(F)C(F)(OC(F)(F)C(F)(F)C(F)(F)F)C(F)(F)F)C(F)(F)F)C(F)(F)F)C(F)(F)F. The fourth-order valence-corrected chi connectivity index (χ4v) is 2.55. The molecule has 0 aliphatic rings. The average molecular weight is 968 g/mol. The first kappa shape index (κ1) is 55.3.